The molecule has 158 valence electrons. The van der Waals surface area contributed by atoms with E-state index in [0.29, 0.717) is 6.42 Å². The third-order valence-electron chi connectivity index (χ3n) is 5.48. The number of halogens is 4. The molecule has 2 aromatic carbocycles. The van der Waals surface area contributed by atoms with Gasteiger partial charge in [0.15, 0.2) is 0 Å². The van der Waals surface area contributed by atoms with E-state index in [1.165, 1.54) is 24.3 Å². The van der Waals surface area contributed by atoms with Crippen molar-refractivity contribution in [3.8, 4) is 0 Å². The zero-order valence-electron chi connectivity index (χ0n) is 15.9. The van der Waals surface area contributed by atoms with Crippen molar-refractivity contribution < 1.29 is 13.6 Å². The van der Waals surface area contributed by atoms with E-state index in [1.54, 1.807) is 6.07 Å². The van der Waals surface area contributed by atoms with E-state index in [1.807, 2.05) is 12.1 Å². The van der Waals surface area contributed by atoms with Crippen LogP contribution in [0.25, 0.3) is 0 Å². The Morgan fingerprint density at radius 1 is 0.897 bits per heavy atom. The molecule has 1 N–H and O–H groups in total. The van der Waals surface area contributed by atoms with Crippen molar-refractivity contribution in [3.05, 3.63) is 65.2 Å². The van der Waals surface area contributed by atoms with Gasteiger partial charge in [-0.2, -0.15) is 0 Å². The largest absolute Gasteiger partial charge is 0.325 e. The van der Waals surface area contributed by atoms with E-state index in [2.05, 4.69) is 15.1 Å². The van der Waals surface area contributed by atoms with Gasteiger partial charge < -0.3 is 10.2 Å². The van der Waals surface area contributed by atoms with E-state index in [9.17, 15) is 13.6 Å². The smallest absolute Gasteiger partial charge is 0.232 e. The van der Waals surface area contributed by atoms with Crippen LogP contribution in [0.4, 0.5) is 14.5 Å². The van der Waals surface area contributed by atoms with Gasteiger partial charge in [0.1, 0.15) is 11.6 Å². The molecule has 4 nitrogen and oxygen atoms in total. The Morgan fingerprint density at radius 3 is 2.21 bits per heavy atom. The fourth-order valence-corrected chi connectivity index (χ4v) is 3.91. The van der Waals surface area contributed by atoms with E-state index in [4.69, 9.17) is 0 Å². The van der Waals surface area contributed by atoms with Crippen molar-refractivity contribution in [2.45, 2.75) is 18.9 Å². The first-order valence-electron chi connectivity index (χ1n) is 9.38. The summed E-state index contributed by atoms with van der Waals surface area (Å²) in [6.45, 7) is 5.40. The number of amides is 1. The molecule has 2 aliphatic rings. The number of nitrogens with one attached hydrogen (secondary N) is 1. The number of hydrogen-bond acceptors (Lipinski definition) is 3. The predicted octanol–water partition coefficient (Wildman–Crippen LogP) is 4.05. The Balaban J connectivity index is 0.00000150. The van der Waals surface area contributed by atoms with Crippen molar-refractivity contribution in [2.24, 2.45) is 0 Å². The molecule has 0 aliphatic carbocycles. The molecule has 2 aromatic rings. The Morgan fingerprint density at radius 2 is 1.52 bits per heavy atom. The molecule has 8 heteroatoms. The number of carbonyl (C=O) groups excluding carboxylic acids is 1. The lowest BCUT2D eigenvalue weighted by atomic mass is 9.97. The van der Waals surface area contributed by atoms with Crippen molar-refractivity contribution in [3.63, 3.8) is 0 Å². The van der Waals surface area contributed by atoms with Gasteiger partial charge in [0, 0.05) is 38.4 Å². The maximum absolute atomic E-state index is 13.5. The quantitative estimate of drug-likeness (QED) is 0.756. The van der Waals surface area contributed by atoms with E-state index < -0.39 is 0 Å². The highest BCUT2D eigenvalue weighted by Crippen LogP contribution is 2.35. The van der Waals surface area contributed by atoms with E-state index in [-0.39, 0.29) is 48.3 Å². The van der Waals surface area contributed by atoms with Crippen molar-refractivity contribution in [1.29, 1.82) is 0 Å². The number of fused-ring (bicyclic) bond motifs is 1. The second kappa shape index (κ2) is 10.3. The molecule has 29 heavy (non-hydrogen) atoms. The van der Waals surface area contributed by atoms with Gasteiger partial charge in [-0.15, -0.1) is 24.8 Å². The lowest BCUT2D eigenvalue weighted by Crippen LogP contribution is -2.46. The predicted molar refractivity (Wildman–Crippen MR) is 115 cm³/mol. The molecule has 1 fully saturated rings. The lowest BCUT2D eigenvalue weighted by molar-refractivity contribution is -0.117. The van der Waals surface area contributed by atoms with E-state index in [0.717, 1.165) is 56.1 Å². The Hall–Kier alpha value is -1.73. The highest BCUT2D eigenvalue weighted by atomic mass is 35.5. The average molecular weight is 444 g/mol. The maximum atomic E-state index is 13.5. The zero-order chi connectivity index (χ0) is 18.8. The summed E-state index contributed by atoms with van der Waals surface area (Å²) in [4.78, 5) is 16.9. The molecular formula is C21H25Cl2F2N3O. The molecule has 2 heterocycles. The number of hydrogen-bond donors (Lipinski definition) is 1. The number of piperazine rings is 1. The minimum atomic E-state index is -0.301. The minimum Gasteiger partial charge on any atom is -0.325 e. The molecule has 0 saturated carbocycles. The first-order chi connectivity index (χ1) is 13.1. The van der Waals surface area contributed by atoms with Crippen LogP contribution in [0.2, 0.25) is 0 Å². The molecule has 1 amide bonds. The number of anilines is 1. The first-order valence-corrected chi connectivity index (χ1v) is 9.38. The van der Waals surface area contributed by atoms with Gasteiger partial charge in [-0.05, 0) is 54.4 Å². The molecule has 0 aromatic heterocycles. The Labute approximate surface area is 182 Å². The maximum Gasteiger partial charge on any atom is 0.232 e. The highest BCUT2D eigenvalue weighted by Gasteiger charge is 2.31. The lowest BCUT2D eigenvalue weighted by Gasteiger charge is -2.35. The summed E-state index contributed by atoms with van der Waals surface area (Å²) in [6.07, 6.45) is 0.695. The molecule has 2 aliphatic heterocycles. The highest BCUT2D eigenvalue weighted by molar-refractivity contribution is 6.02. The Kier molecular flexibility index (Phi) is 8.40. The van der Waals surface area contributed by atoms with Crippen LogP contribution in [0, 0.1) is 11.6 Å². The molecular weight excluding hydrogens is 419 g/mol. The van der Waals surface area contributed by atoms with Gasteiger partial charge in [0.2, 0.25) is 5.91 Å². The van der Waals surface area contributed by atoms with Gasteiger partial charge in [0.05, 0.1) is 5.92 Å². The SMILES string of the molecule is Cl.Cl.O=C1Nc2ccc(F)cc2C1CCN1CCN(Cc2ccc(F)cc2)CC1. The molecule has 0 spiro atoms. The fraction of sp³-hybridized carbons (Fsp3) is 0.381. The van der Waals surface area contributed by atoms with E-state index >= 15 is 0 Å². The normalized spacial score (nSPS) is 19.1. The summed E-state index contributed by atoms with van der Waals surface area (Å²) in [6, 6.07) is 11.1. The van der Waals surface area contributed by atoms with Crippen molar-refractivity contribution in [1.82, 2.24) is 9.80 Å². The number of benzene rings is 2. The van der Waals surface area contributed by atoms with Crippen LogP contribution in [-0.2, 0) is 11.3 Å². The van der Waals surface area contributed by atoms with Gasteiger partial charge in [0.25, 0.3) is 0 Å². The van der Waals surface area contributed by atoms with Crippen LogP contribution in [0.3, 0.4) is 0 Å². The molecule has 4 rings (SSSR count). The topological polar surface area (TPSA) is 35.6 Å². The summed E-state index contributed by atoms with van der Waals surface area (Å²) in [7, 11) is 0. The monoisotopic (exact) mass is 443 g/mol. The summed E-state index contributed by atoms with van der Waals surface area (Å²) in [5, 5.41) is 2.84. The fourth-order valence-electron chi connectivity index (χ4n) is 3.91. The van der Waals surface area contributed by atoms with Crippen LogP contribution in [0.1, 0.15) is 23.5 Å². The first kappa shape index (κ1) is 23.5. The number of carbonyl (C=O) groups is 1. The van der Waals surface area contributed by atoms with Crippen molar-refractivity contribution >= 4 is 36.4 Å². The van der Waals surface area contributed by atoms with Gasteiger partial charge >= 0.3 is 0 Å². The van der Waals surface area contributed by atoms with Crippen LogP contribution < -0.4 is 5.32 Å². The molecule has 0 radical (unpaired) electrons. The summed E-state index contributed by atoms with van der Waals surface area (Å²) < 4.78 is 26.5. The second-order valence-corrected chi connectivity index (χ2v) is 7.31. The van der Waals surface area contributed by atoms with Gasteiger partial charge in [-0.3, -0.25) is 9.69 Å². The van der Waals surface area contributed by atoms with Crippen LogP contribution in [-0.4, -0.2) is 48.4 Å². The standard InChI is InChI=1S/C21H23F2N3O.2ClH/c22-16-3-1-15(2-4-16)14-26-11-9-25(10-12-26)8-7-18-19-13-17(23)5-6-20(19)24-21(18)27;;/h1-6,13,18H,7-12,14H2,(H,24,27);2*1H. The molecule has 0 bridgehead atoms. The average Bonchev–Trinajstić information content (AvgIpc) is 2.97. The van der Waals surface area contributed by atoms with Gasteiger partial charge in [-0.1, -0.05) is 12.1 Å². The minimum absolute atomic E-state index is 0. The second-order valence-electron chi connectivity index (χ2n) is 7.31. The molecule has 1 atom stereocenters. The van der Waals surface area contributed by atoms with Crippen LogP contribution in [0.5, 0.6) is 0 Å². The van der Waals surface area contributed by atoms with Crippen LogP contribution >= 0.6 is 24.8 Å². The molecule has 1 saturated heterocycles. The number of nitrogens with zero attached hydrogens (tertiary/aromatic N) is 2. The van der Waals surface area contributed by atoms with Crippen LogP contribution in [0.15, 0.2) is 42.5 Å². The summed E-state index contributed by atoms with van der Waals surface area (Å²) in [5.74, 6) is -0.816. The zero-order valence-corrected chi connectivity index (χ0v) is 17.6. The third-order valence-corrected chi connectivity index (χ3v) is 5.48. The molecule has 1 unspecified atom stereocenters. The number of rotatable bonds is 5. The third kappa shape index (κ3) is 5.66. The summed E-state index contributed by atoms with van der Waals surface area (Å²) >= 11 is 0. The van der Waals surface area contributed by atoms with Gasteiger partial charge in [-0.25, -0.2) is 8.78 Å². The van der Waals surface area contributed by atoms with Crippen molar-refractivity contribution in [2.75, 3.05) is 38.0 Å². The summed E-state index contributed by atoms with van der Waals surface area (Å²) in [5.41, 5.74) is 2.62. The Bertz CT molecular complexity index is 827.